The quantitative estimate of drug-likeness (QED) is 0.884. The van der Waals surface area contributed by atoms with Gasteiger partial charge < -0.3 is 5.32 Å². The highest BCUT2D eigenvalue weighted by Crippen LogP contribution is 2.25. The summed E-state index contributed by atoms with van der Waals surface area (Å²) in [7, 11) is 0. The van der Waals surface area contributed by atoms with E-state index in [2.05, 4.69) is 66.1 Å². The lowest BCUT2D eigenvalue weighted by atomic mass is 10.0. The number of benzene rings is 1. The Morgan fingerprint density at radius 1 is 1.14 bits per heavy atom. The summed E-state index contributed by atoms with van der Waals surface area (Å²) in [4.78, 5) is 4.66. The zero-order chi connectivity index (χ0) is 14.8. The summed E-state index contributed by atoms with van der Waals surface area (Å²) in [6.07, 6.45) is 7.30. The summed E-state index contributed by atoms with van der Waals surface area (Å²) in [5.41, 5.74) is 3.62. The van der Waals surface area contributed by atoms with Gasteiger partial charge in [-0.3, -0.25) is 4.57 Å². The van der Waals surface area contributed by atoms with Crippen LogP contribution in [-0.2, 0) is 0 Å². The number of hydrogen-bond donors (Lipinski definition) is 1. The standard InChI is InChI=1S/C18H25N3/c1-13(2)15-8-10-17(11-9-15)21-12-14(3)19-18(21)20-16-6-4-5-7-16/h8-13,16H,4-7H2,1-3H3,(H,19,20). The number of aryl methyl sites for hydroxylation is 1. The SMILES string of the molecule is Cc1cn(-c2ccc(C(C)C)cc2)c(NC2CCCC2)n1. The number of nitrogens with one attached hydrogen (secondary N) is 1. The van der Waals surface area contributed by atoms with Gasteiger partial charge in [0.05, 0.1) is 5.69 Å². The number of hydrogen-bond acceptors (Lipinski definition) is 2. The van der Waals surface area contributed by atoms with Gasteiger partial charge in [-0.15, -0.1) is 0 Å². The van der Waals surface area contributed by atoms with E-state index in [-0.39, 0.29) is 0 Å². The molecular weight excluding hydrogens is 258 g/mol. The maximum Gasteiger partial charge on any atom is 0.207 e. The molecule has 1 saturated carbocycles. The first-order chi connectivity index (χ1) is 10.1. The fourth-order valence-corrected chi connectivity index (χ4v) is 3.07. The van der Waals surface area contributed by atoms with Crippen molar-refractivity contribution in [3.8, 4) is 5.69 Å². The lowest BCUT2D eigenvalue weighted by Gasteiger charge is -2.15. The summed E-state index contributed by atoms with van der Waals surface area (Å²) in [5.74, 6) is 1.55. The van der Waals surface area contributed by atoms with Crippen LogP contribution >= 0.6 is 0 Å². The molecule has 1 N–H and O–H groups in total. The smallest absolute Gasteiger partial charge is 0.207 e. The van der Waals surface area contributed by atoms with Crippen molar-refractivity contribution in [2.45, 2.75) is 58.4 Å². The van der Waals surface area contributed by atoms with Gasteiger partial charge >= 0.3 is 0 Å². The number of anilines is 1. The maximum absolute atomic E-state index is 4.66. The van der Waals surface area contributed by atoms with Gasteiger partial charge in [0.15, 0.2) is 0 Å². The Bertz CT molecular complexity index is 589. The maximum atomic E-state index is 4.66. The topological polar surface area (TPSA) is 29.9 Å². The van der Waals surface area contributed by atoms with E-state index in [1.807, 2.05) is 0 Å². The van der Waals surface area contributed by atoms with Crippen LogP contribution in [0.4, 0.5) is 5.95 Å². The minimum atomic E-state index is 0.569. The van der Waals surface area contributed by atoms with Crippen LogP contribution in [-0.4, -0.2) is 15.6 Å². The third kappa shape index (κ3) is 3.12. The predicted molar refractivity (Wildman–Crippen MR) is 88.3 cm³/mol. The Kier molecular flexibility index (Phi) is 4.00. The molecular formula is C18H25N3. The van der Waals surface area contributed by atoms with Gasteiger partial charge in [-0.25, -0.2) is 4.98 Å². The Morgan fingerprint density at radius 2 is 1.81 bits per heavy atom. The van der Waals surface area contributed by atoms with E-state index >= 15 is 0 Å². The molecule has 1 aromatic heterocycles. The minimum absolute atomic E-state index is 0.569. The third-order valence-corrected chi connectivity index (χ3v) is 4.35. The largest absolute Gasteiger partial charge is 0.353 e. The second-order valence-corrected chi connectivity index (χ2v) is 6.45. The van der Waals surface area contributed by atoms with Crippen molar-refractivity contribution in [2.24, 2.45) is 0 Å². The van der Waals surface area contributed by atoms with Gasteiger partial charge in [0, 0.05) is 17.9 Å². The number of aromatic nitrogens is 2. The second-order valence-electron chi connectivity index (χ2n) is 6.45. The molecule has 1 fully saturated rings. The minimum Gasteiger partial charge on any atom is -0.353 e. The monoisotopic (exact) mass is 283 g/mol. The van der Waals surface area contributed by atoms with E-state index in [1.165, 1.54) is 36.9 Å². The van der Waals surface area contributed by atoms with Crippen LogP contribution in [0.5, 0.6) is 0 Å². The van der Waals surface area contributed by atoms with Crippen molar-refractivity contribution in [2.75, 3.05) is 5.32 Å². The summed E-state index contributed by atoms with van der Waals surface area (Å²) in [6.45, 7) is 6.51. The van der Waals surface area contributed by atoms with Crippen LogP contribution in [0.3, 0.4) is 0 Å². The highest BCUT2D eigenvalue weighted by Gasteiger charge is 2.17. The third-order valence-electron chi connectivity index (χ3n) is 4.35. The molecule has 1 aliphatic rings. The summed E-state index contributed by atoms with van der Waals surface area (Å²) in [6, 6.07) is 9.40. The summed E-state index contributed by atoms with van der Waals surface area (Å²) >= 11 is 0. The van der Waals surface area contributed by atoms with E-state index in [0.717, 1.165) is 11.6 Å². The summed E-state index contributed by atoms with van der Waals surface area (Å²) in [5, 5.41) is 3.62. The fraction of sp³-hybridized carbons (Fsp3) is 0.500. The van der Waals surface area contributed by atoms with Gasteiger partial charge in [0.1, 0.15) is 0 Å². The Balaban J connectivity index is 1.86. The summed E-state index contributed by atoms with van der Waals surface area (Å²) < 4.78 is 2.18. The predicted octanol–water partition coefficient (Wildman–Crippen LogP) is 4.66. The van der Waals surface area contributed by atoms with Crippen LogP contribution in [0, 0.1) is 6.92 Å². The number of imidazole rings is 1. The van der Waals surface area contributed by atoms with Gasteiger partial charge in [-0.05, 0) is 43.4 Å². The van der Waals surface area contributed by atoms with Crippen molar-refractivity contribution in [3.63, 3.8) is 0 Å². The number of rotatable bonds is 4. The molecule has 0 aliphatic heterocycles. The molecule has 0 unspecified atom stereocenters. The molecule has 1 aromatic carbocycles. The number of nitrogens with zero attached hydrogens (tertiary/aromatic N) is 2. The Labute approximate surface area is 127 Å². The van der Waals surface area contributed by atoms with Gasteiger partial charge in [-0.1, -0.05) is 38.8 Å². The van der Waals surface area contributed by atoms with Gasteiger partial charge in [0.2, 0.25) is 5.95 Å². The molecule has 3 nitrogen and oxygen atoms in total. The van der Waals surface area contributed by atoms with Gasteiger partial charge in [0.25, 0.3) is 0 Å². The van der Waals surface area contributed by atoms with Crippen LogP contribution in [0.25, 0.3) is 5.69 Å². The molecule has 1 aliphatic carbocycles. The lowest BCUT2D eigenvalue weighted by Crippen LogP contribution is -2.17. The van der Waals surface area contributed by atoms with Crippen LogP contribution in [0.1, 0.15) is 56.7 Å². The fourth-order valence-electron chi connectivity index (χ4n) is 3.07. The van der Waals surface area contributed by atoms with Crippen molar-refractivity contribution < 1.29 is 0 Å². The van der Waals surface area contributed by atoms with Gasteiger partial charge in [-0.2, -0.15) is 0 Å². The first-order valence-electron chi connectivity index (χ1n) is 8.06. The van der Waals surface area contributed by atoms with Crippen molar-refractivity contribution >= 4 is 5.95 Å². The van der Waals surface area contributed by atoms with E-state index in [0.29, 0.717) is 12.0 Å². The molecule has 0 bridgehead atoms. The molecule has 0 saturated heterocycles. The average Bonchev–Trinajstić information content (AvgIpc) is 3.09. The lowest BCUT2D eigenvalue weighted by molar-refractivity contribution is 0.740. The highest BCUT2D eigenvalue weighted by molar-refractivity contribution is 5.45. The van der Waals surface area contributed by atoms with Crippen LogP contribution < -0.4 is 5.32 Å². The molecule has 2 aromatic rings. The van der Waals surface area contributed by atoms with E-state index in [9.17, 15) is 0 Å². The normalized spacial score (nSPS) is 15.8. The Hall–Kier alpha value is -1.77. The molecule has 3 rings (SSSR count). The first kappa shape index (κ1) is 14.2. The zero-order valence-corrected chi connectivity index (χ0v) is 13.3. The molecule has 0 amide bonds. The Morgan fingerprint density at radius 3 is 2.43 bits per heavy atom. The molecule has 0 spiro atoms. The van der Waals surface area contributed by atoms with Crippen molar-refractivity contribution in [1.82, 2.24) is 9.55 Å². The van der Waals surface area contributed by atoms with Crippen LogP contribution in [0.15, 0.2) is 30.5 Å². The molecule has 0 radical (unpaired) electrons. The molecule has 0 atom stereocenters. The average molecular weight is 283 g/mol. The highest BCUT2D eigenvalue weighted by atomic mass is 15.2. The van der Waals surface area contributed by atoms with Crippen LogP contribution in [0.2, 0.25) is 0 Å². The molecule has 1 heterocycles. The van der Waals surface area contributed by atoms with E-state index < -0.39 is 0 Å². The molecule has 21 heavy (non-hydrogen) atoms. The molecule has 112 valence electrons. The van der Waals surface area contributed by atoms with Crippen molar-refractivity contribution in [1.29, 1.82) is 0 Å². The second kappa shape index (κ2) is 5.92. The molecule has 3 heteroatoms. The van der Waals surface area contributed by atoms with E-state index in [4.69, 9.17) is 0 Å². The zero-order valence-electron chi connectivity index (χ0n) is 13.3. The van der Waals surface area contributed by atoms with E-state index in [1.54, 1.807) is 0 Å². The first-order valence-corrected chi connectivity index (χ1v) is 8.06. The van der Waals surface area contributed by atoms with Crippen molar-refractivity contribution in [3.05, 3.63) is 41.7 Å².